The van der Waals surface area contributed by atoms with Gasteiger partial charge in [-0.3, -0.25) is 9.78 Å². The van der Waals surface area contributed by atoms with Crippen LogP contribution in [-0.2, 0) is 6.18 Å². The topological polar surface area (TPSA) is 137 Å². The molecule has 176 valence electrons. The summed E-state index contributed by atoms with van der Waals surface area (Å²) in [7, 11) is 0. The van der Waals surface area contributed by atoms with Gasteiger partial charge in [-0.2, -0.15) is 13.2 Å². The van der Waals surface area contributed by atoms with Crippen LogP contribution in [0.4, 0.5) is 19.0 Å². The van der Waals surface area contributed by atoms with E-state index in [1.54, 1.807) is 32.0 Å². The van der Waals surface area contributed by atoms with Crippen molar-refractivity contribution in [2.75, 3.05) is 11.9 Å². The second-order valence-corrected chi connectivity index (χ2v) is 7.36. The van der Waals surface area contributed by atoms with Crippen molar-refractivity contribution in [1.29, 1.82) is 0 Å². The van der Waals surface area contributed by atoms with Gasteiger partial charge in [-0.05, 0) is 48.0 Å². The molecular formula is C20H18F3N9O2. The summed E-state index contributed by atoms with van der Waals surface area (Å²) < 4.78 is 41.3. The third kappa shape index (κ3) is 4.61. The zero-order valence-corrected chi connectivity index (χ0v) is 17.9. The molecule has 0 radical (unpaired) electrons. The van der Waals surface area contributed by atoms with E-state index in [-0.39, 0.29) is 24.2 Å². The lowest BCUT2D eigenvalue weighted by molar-refractivity contribution is -0.140. The highest BCUT2D eigenvalue weighted by atomic mass is 19.4. The summed E-state index contributed by atoms with van der Waals surface area (Å²) in [5.41, 5.74) is 0.149. The molecule has 1 atom stereocenters. The van der Waals surface area contributed by atoms with E-state index in [2.05, 4.69) is 35.8 Å². The minimum absolute atomic E-state index is 0.0335. The quantitative estimate of drug-likeness (QED) is 0.436. The smallest absolute Gasteiger partial charge is 0.394 e. The summed E-state index contributed by atoms with van der Waals surface area (Å²) in [5, 5.41) is 23.4. The van der Waals surface area contributed by atoms with Crippen LogP contribution in [0.25, 0.3) is 17.2 Å². The molecule has 14 heteroatoms. The molecular weight excluding hydrogens is 455 g/mol. The number of carbonyl (C=O) groups is 1. The molecule has 4 heterocycles. The number of carbonyl (C=O) groups excluding carboxylic acids is 1. The number of aliphatic hydroxyl groups excluding tert-OH is 1. The lowest BCUT2D eigenvalue weighted by Crippen LogP contribution is -2.16. The number of aliphatic hydroxyl groups is 1. The van der Waals surface area contributed by atoms with E-state index in [1.807, 2.05) is 0 Å². The number of imidazole rings is 1. The molecule has 0 unspecified atom stereocenters. The van der Waals surface area contributed by atoms with Crippen molar-refractivity contribution < 1.29 is 23.1 Å². The predicted molar refractivity (Wildman–Crippen MR) is 112 cm³/mol. The SMILES string of the molecule is Cc1cnc(C(=O)Nc2cccc(-c3nnnn3[C@H](C)CO)n2)cc1-n1cnc(C(F)(F)F)c1. The molecule has 4 aromatic rings. The monoisotopic (exact) mass is 473 g/mol. The first-order chi connectivity index (χ1) is 16.2. The molecule has 34 heavy (non-hydrogen) atoms. The van der Waals surface area contributed by atoms with Gasteiger partial charge in [0, 0.05) is 12.4 Å². The van der Waals surface area contributed by atoms with Gasteiger partial charge < -0.3 is 15.0 Å². The summed E-state index contributed by atoms with van der Waals surface area (Å²) in [6.45, 7) is 3.20. The maximum atomic E-state index is 12.9. The highest BCUT2D eigenvalue weighted by Gasteiger charge is 2.33. The average Bonchev–Trinajstić information content (AvgIpc) is 3.49. The van der Waals surface area contributed by atoms with Crippen molar-refractivity contribution in [2.45, 2.75) is 26.1 Å². The number of nitrogens with zero attached hydrogens (tertiary/aromatic N) is 8. The predicted octanol–water partition coefficient (Wildman–Crippen LogP) is 2.45. The number of alkyl halides is 3. The summed E-state index contributed by atoms with van der Waals surface area (Å²) in [5.74, 6) is -0.140. The first-order valence-electron chi connectivity index (χ1n) is 9.93. The minimum atomic E-state index is -4.59. The van der Waals surface area contributed by atoms with E-state index in [9.17, 15) is 23.1 Å². The van der Waals surface area contributed by atoms with E-state index in [1.165, 1.54) is 21.5 Å². The highest BCUT2D eigenvalue weighted by molar-refractivity contribution is 6.02. The van der Waals surface area contributed by atoms with Gasteiger partial charge in [0.25, 0.3) is 5.91 Å². The fourth-order valence-corrected chi connectivity index (χ4v) is 3.06. The number of rotatable bonds is 6. The summed E-state index contributed by atoms with van der Waals surface area (Å²) in [6, 6.07) is 5.80. The largest absolute Gasteiger partial charge is 0.434 e. The Hall–Kier alpha value is -4.20. The second kappa shape index (κ2) is 8.97. The van der Waals surface area contributed by atoms with Crippen molar-refractivity contribution in [3.63, 3.8) is 0 Å². The molecule has 0 spiro atoms. The van der Waals surface area contributed by atoms with E-state index in [0.29, 0.717) is 22.8 Å². The molecule has 11 nitrogen and oxygen atoms in total. The fraction of sp³-hybridized carbons (Fsp3) is 0.250. The minimum Gasteiger partial charge on any atom is -0.394 e. The molecule has 0 saturated heterocycles. The third-order valence-corrected chi connectivity index (χ3v) is 4.85. The number of nitrogens with one attached hydrogen (secondary N) is 1. The Labute approximate surface area is 190 Å². The highest BCUT2D eigenvalue weighted by Crippen LogP contribution is 2.28. The number of pyridine rings is 2. The lowest BCUT2D eigenvalue weighted by Gasteiger charge is -2.11. The Balaban J connectivity index is 1.59. The zero-order valence-electron chi connectivity index (χ0n) is 17.9. The lowest BCUT2D eigenvalue weighted by atomic mass is 10.2. The Morgan fingerprint density at radius 3 is 2.76 bits per heavy atom. The molecule has 4 aromatic heterocycles. The zero-order chi connectivity index (χ0) is 24.5. The van der Waals surface area contributed by atoms with E-state index in [4.69, 9.17) is 0 Å². The van der Waals surface area contributed by atoms with Gasteiger partial charge in [0.05, 0.1) is 24.7 Å². The molecule has 4 rings (SSSR count). The van der Waals surface area contributed by atoms with Gasteiger partial charge in [-0.1, -0.05) is 6.07 Å². The van der Waals surface area contributed by atoms with Gasteiger partial charge in [0.2, 0.25) is 5.82 Å². The van der Waals surface area contributed by atoms with Crippen LogP contribution >= 0.6 is 0 Å². The third-order valence-electron chi connectivity index (χ3n) is 4.85. The maximum absolute atomic E-state index is 12.9. The number of tetrazole rings is 1. The van der Waals surface area contributed by atoms with Crippen LogP contribution in [0.3, 0.4) is 0 Å². The maximum Gasteiger partial charge on any atom is 0.434 e. The molecule has 0 saturated carbocycles. The Morgan fingerprint density at radius 2 is 2.06 bits per heavy atom. The number of hydrogen-bond donors (Lipinski definition) is 2. The summed E-state index contributed by atoms with van der Waals surface area (Å²) >= 11 is 0. The number of aromatic nitrogens is 8. The first-order valence-corrected chi connectivity index (χ1v) is 9.93. The van der Waals surface area contributed by atoms with Crippen LogP contribution in [0, 0.1) is 6.92 Å². The molecule has 0 aromatic carbocycles. The molecule has 0 aliphatic rings. The van der Waals surface area contributed by atoms with E-state index >= 15 is 0 Å². The fourth-order valence-electron chi connectivity index (χ4n) is 3.06. The van der Waals surface area contributed by atoms with Gasteiger partial charge in [0.1, 0.15) is 17.2 Å². The first kappa shape index (κ1) is 23.0. The van der Waals surface area contributed by atoms with Gasteiger partial charge in [0.15, 0.2) is 5.69 Å². The Bertz CT molecular complexity index is 1330. The van der Waals surface area contributed by atoms with Crippen LogP contribution in [0.15, 0.2) is 43.0 Å². The number of amides is 1. The summed E-state index contributed by atoms with van der Waals surface area (Å²) in [6.07, 6.45) is -1.34. The average molecular weight is 473 g/mol. The van der Waals surface area contributed by atoms with Crippen molar-refractivity contribution >= 4 is 11.7 Å². The van der Waals surface area contributed by atoms with Gasteiger partial charge >= 0.3 is 6.18 Å². The standard InChI is InChI=1S/C20H18F3N9O2/c1-11-7-24-14(6-15(11)31-8-16(25-10-31)20(21,22)23)19(34)27-17-5-3-4-13(26-17)18-28-29-30-32(18)12(2)9-33/h3-8,10,12,33H,9H2,1-2H3,(H,26,27,34)/t12-/m1/s1. The number of hydrogen-bond acceptors (Lipinski definition) is 8. The molecule has 0 bridgehead atoms. The molecule has 1 amide bonds. The van der Waals surface area contributed by atoms with Crippen LogP contribution in [0.1, 0.15) is 34.7 Å². The molecule has 0 aliphatic carbocycles. The van der Waals surface area contributed by atoms with Crippen molar-refractivity contribution in [1.82, 2.24) is 39.7 Å². The van der Waals surface area contributed by atoms with Crippen LogP contribution in [0.5, 0.6) is 0 Å². The normalized spacial score (nSPS) is 12.5. The molecule has 0 aliphatic heterocycles. The number of halogens is 3. The van der Waals surface area contributed by atoms with Crippen molar-refractivity contribution in [3.8, 4) is 17.2 Å². The molecule has 2 N–H and O–H groups in total. The van der Waals surface area contributed by atoms with Crippen molar-refractivity contribution in [2.24, 2.45) is 0 Å². The van der Waals surface area contributed by atoms with Crippen molar-refractivity contribution in [3.05, 3.63) is 59.9 Å². The van der Waals surface area contributed by atoms with Crippen LogP contribution in [-0.4, -0.2) is 57.3 Å². The Kier molecular flexibility index (Phi) is 6.06. The Morgan fingerprint density at radius 1 is 1.26 bits per heavy atom. The second-order valence-electron chi connectivity index (χ2n) is 7.36. The van der Waals surface area contributed by atoms with Gasteiger partial charge in [-0.15, -0.1) is 5.10 Å². The van der Waals surface area contributed by atoms with E-state index < -0.39 is 17.8 Å². The number of aryl methyl sites for hydroxylation is 1. The van der Waals surface area contributed by atoms with Crippen LogP contribution < -0.4 is 5.32 Å². The number of anilines is 1. The van der Waals surface area contributed by atoms with E-state index in [0.717, 1.165) is 12.5 Å². The van der Waals surface area contributed by atoms with Crippen LogP contribution in [0.2, 0.25) is 0 Å². The van der Waals surface area contributed by atoms with Gasteiger partial charge in [-0.25, -0.2) is 14.6 Å². The summed E-state index contributed by atoms with van der Waals surface area (Å²) in [4.78, 5) is 24.6. The molecule has 0 fully saturated rings.